The van der Waals surface area contributed by atoms with Crippen LogP contribution in [0, 0.1) is 4.78 Å². The van der Waals surface area contributed by atoms with Crippen molar-refractivity contribution in [1.29, 1.82) is 4.78 Å². The molecule has 2 saturated heterocycles. The quantitative estimate of drug-likeness (QED) is 0.781. The van der Waals surface area contributed by atoms with Crippen molar-refractivity contribution < 1.29 is 12.6 Å². The molecule has 2 aliphatic rings. The van der Waals surface area contributed by atoms with Crippen molar-refractivity contribution >= 4 is 33.8 Å². The summed E-state index contributed by atoms with van der Waals surface area (Å²) in [7, 11) is -2.61. The average Bonchev–Trinajstić information content (AvgIpc) is 2.31. The Bertz CT molecular complexity index is 270. The fourth-order valence-electron chi connectivity index (χ4n) is 1.60. The zero-order valence-electron chi connectivity index (χ0n) is 8.35. The van der Waals surface area contributed by atoms with Crippen LogP contribution >= 0.6 is 24.1 Å². The second kappa shape index (κ2) is 5.27. The molecule has 0 radical (unpaired) electrons. The molecule has 0 aromatic carbocycles. The Morgan fingerprint density at radius 1 is 1.07 bits per heavy atom. The average molecular weight is 269 g/mol. The summed E-state index contributed by atoms with van der Waals surface area (Å²) in [4.78, 5) is 0. The van der Waals surface area contributed by atoms with Crippen LogP contribution in [0.1, 0.15) is 25.7 Å². The summed E-state index contributed by atoms with van der Waals surface area (Å²) in [5.74, 6) is 0. The van der Waals surface area contributed by atoms with Gasteiger partial charge in [-0.3, -0.25) is 4.78 Å². The van der Waals surface area contributed by atoms with Gasteiger partial charge >= 0.3 is 0 Å². The van der Waals surface area contributed by atoms with Crippen LogP contribution in [0.25, 0.3) is 0 Å². The van der Waals surface area contributed by atoms with Crippen LogP contribution in [0.3, 0.4) is 0 Å². The fraction of sp³-hybridized carbons (Fsp3) is 1.00. The van der Waals surface area contributed by atoms with E-state index >= 15 is 0 Å². The standard InChI is InChI=1S/C8H15NO3S3/c9-15(10,7-3-1-5-11-13-7)8-4-2-6-12-14-8/h7-9H,1-6H2. The molecule has 2 rings (SSSR count). The zero-order valence-corrected chi connectivity index (χ0v) is 10.8. The van der Waals surface area contributed by atoms with Crippen molar-refractivity contribution in [2.24, 2.45) is 0 Å². The maximum atomic E-state index is 12.4. The molecule has 2 fully saturated rings. The van der Waals surface area contributed by atoms with E-state index < -0.39 is 9.73 Å². The predicted octanol–water partition coefficient (Wildman–Crippen LogP) is 2.60. The molecule has 2 atom stereocenters. The Balaban J connectivity index is 2.03. The minimum Gasteiger partial charge on any atom is -0.314 e. The van der Waals surface area contributed by atoms with E-state index in [1.807, 2.05) is 0 Å². The highest BCUT2D eigenvalue weighted by atomic mass is 32.3. The molecule has 2 aliphatic heterocycles. The summed E-state index contributed by atoms with van der Waals surface area (Å²) in [5.41, 5.74) is 0. The van der Waals surface area contributed by atoms with E-state index in [9.17, 15) is 4.21 Å². The summed E-state index contributed by atoms with van der Waals surface area (Å²) in [6, 6.07) is 0. The Morgan fingerprint density at radius 3 is 1.87 bits per heavy atom. The van der Waals surface area contributed by atoms with Crippen LogP contribution in [0.5, 0.6) is 0 Å². The summed E-state index contributed by atoms with van der Waals surface area (Å²) in [6.45, 7) is 1.43. The van der Waals surface area contributed by atoms with Crippen LogP contribution in [-0.4, -0.2) is 26.6 Å². The van der Waals surface area contributed by atoms with Gasteiger partial charge in [0.05, 0.1) is 22.9 Å². The molecule has 7 heteroatoms. The van der Waals surface area contributed by atoms with Crippen molar-refractivity contribution in [3.63, 3.8) is 0 Å². The molecule has 0 aromatic heterocycles. The number of rotatable bonds is 2. The largest absolute Gasteiger partial charge is 0.314 e. The topological polar surface area (TPSA) is 59.4 Å². The fourth-order valence-corrected chi connectivity index (χ4v) is 6.51. The maximum Gasteiger partial charge on any atom is 0.115 e. The van der Waals surface area contributed by atoms with Gasteiger partial charge in [0.15, 0.2) is 0 Å². The van der Waals surface area contributed by atoms with Gasteiger partial charge in [0.1, 0.15) is 9.16 Å². The number of nitrogens with one attached hydrogen (secondary N) is 1. The number of hydrogen-bond acceptors (Lipinski definition) is 6. The number of hydrogen-bond donors (Lipinski definition) is 1. The van der Waals surface area contributed by atoms with Gasteiger partial charge in [-0.2, -0.15) is 0 Å². The van der Waals surface area contributed by atoms with E-state index in [0.717, 1.165) is 25.7 Å². The normalized spacial score (nSPS) is 37.1. The third-order valence-electron chi connectivity index (χ3n) is 2.47. The molecule has 0 saturated carbocycles. The predicted molar refractivity (Wildman–Crippen MR) is 64.0 cm³/mol. The van der Waals surface area contributed by atoms with Gasteiger partial charge < -0.3 is 8.37 Å². The lowest BCUT2D eigenvalue weighted by molar-refractivity contribution is 0.337. The van der Waals surface area contributed by atoms with Crippen molar-refractivity contribution in [2.75, 3.05) is 13.2 Å². The van der Waals surface area contributed by atoms with E-state index in [2.05, 4.69) is 0 Å². The van der Waals surface area contributed by atoms with Crippen molar-refractivity contribution in [1.82, 2.24) is 0 Å². The Kier molecular flexibility index (Phi) is 4.23. The van der Waals surface area contributed by atoms with E-state index in [4.69, 9.17) is 13.1 Å². The molecule has 15 heavy (non-hydrogen) atoms. The van der Waals surface area contributed by atoms with Gasteiger partial charge in [0.25, 0.3) is 0 Å². The first-order chi connectivity index (χ1) is 7.21. The minimum atomic E-state index is -2.61. The minimum absolute atomic E-state index is 0.176. The molecule has 0 amide bonds. The van der Waals surface area contributed by atoms with Gasteiger partial charge in [0, 0.05) is 24.1 Å². The summed E-state index contributed by atoms with van der Waals surface area (Å²) in [5, 5.41) is 0. The highest BCUT2D eigenvalue weighted by Crippen LogP contribution is 2.37. The van der Waals surface area contributed by atoms with Gasteiger partial charge in [-0.05, 0) is 25.7 Å². The summed E-state index contributed by atoms with van der Waals surface area (Å²) in [6.07, 6.45) is 3.46. The maximum absolute atomic E-state index is 12.4. The first-order valence-corrected chi connectivity index (χ1v) is 8.33. The molecule has 0 spiro atoms. The third-order valence-corrected chi connectivity index (χ3v) is 8.19. The van der Waals surface area contributed by atoms with Crippen LogP contribution in [0.15, 0.2) is 0 Å². The molecule has 0 bridgehead atoms. The second-order valence-electron chi connectivity index (χ2n) is 3.63. The molecule has 1 N–H and O–H groups in total. The van der Waals surface area contributed by atoms with E-state index in [1.165, 1.54) is 24.1 Å². The smallest absolute Gasteiger partial charge is 0.115 e. The molecule has 0 aromatic rings. The monoisotopic (exact) mass is 269 g/mol. The van der Waals surface area contributed by atoms with E-state index in [1.54, 1.807) is 0 Å². The van der Waals surface area contributed by atoms with Gasteiger partial charge in [-0.15, -0.1) is 0 Å². The molecule has 2 heterocycles. The molecule has 2 unspecified atom stereocenters. The molecule has 88 valence electrons. The molecule has 4 nitrogen and oxygen atoms in total. The highest BCUT2D eigenvalue weighted by Gasteiger charge is 2.35. The first kappa shape index (κ1) is 12.0. The lowest BCUT2D eigenvalue weighted by Crippen LogP contribution is -2.31. The SMILES string of the molecule is N=S(=O)(C1CCCOS1)C1CCCOS1. The summed E-state index contributed by atoms with van der Waals surface area (Å²) < 4.78 is 30.5. The second-order valence-corrected chi connectivity index (χ2v) is 8.65. The zero-order chi connectivity index (χ0) is 10.7. The van der Waals surface area contributed by atoms with Crippen LogP contribution in [0.2, 0.25) is 0 Å². The van der Waals surface area contributed by atoms with Crippen LogP contribution in [0.4, 0.5) is 0 Å². The van der Waals surface area contributed by atoms with Crippen molar-refractivity contribution in [2.45, 2.75) is 34.8 Å². The van der Waals surface area contributed by atoms with Gasteiger partial charge in [-0.25, -0.2) is 4.21 Å². The van der Waals surface area contributed by atoms with Crippen LogP contribution in [-0.2, 0) is 18.1 Å². The Hall–Kier alpha value is 0.570. The van der Waals surface area contributed by atoms with Crippen LogP contribution < -0.4 is 0 Å². The highest BCUT2D eigenvalue weighted by molar-refractivity contribution is 8.18. The van der Waals surface area contributed by atoms with E-state index in [-0.39, 0.29) is 9.16 Å². The molecular formula is C8H15NO3S3. The van der Waals surface area contributed by atoms with Gasteiger partial charge in [0.2, 0.25) is 0 Å². The van der Waals surface area contributed by atoms with Crippen molar-refractivity contribution in [3.05, 3.63) is 0 Å². The van der Waals surface area contributed by atoms with Gasteiger partial charge in [-0.1, -0.05) is 0 Å². The van der Waals surface area contributed by atoms with Crippen molar-refractivity contribution in [3.8, 4) is 0 Å². The third kappa shape index (κ3) is 2.82. The molecular weight excluding hydrogens is 254 g/mol. The summed E-state index contributed by atoms with van der Waals surface area (Å²) >= 11 is 2.46. The van der Waals surface area contributed by atoms with E-state index in [0.29, 0.717) is 13.2 Å². The first-order valence-electron chi connectivity index (χ1n) is 5.04. The lowest BCUT2D eigenvalue weighted by atomic mass is 10.3. The Labute approximate surface area is 99.2 Å². The molecule has 0 aliphatic carbocycles. The lowest BCUT2D eigenvalue weighted by Gasteiger charge is -2.29. The Morgan fingerprint density at radius 2 is 1.53 bits per heavy atom.